The summed E-state index contributed by atoms with van der Waals surface area (Å²) in [6.45, 7) is 7.23. The van der Waals surface area contributed by atoms with Crippen molar-refractivity contribution in [2.45, 2.75) is 46.6 Å². The van der Waals surface area contributed by atoms with Crippen LogP contribution in [-0.4, -0.2) is 15.6 Å². The molecule has 102 valence electrons. The largest absolute Gasteiger partial charge is 0.478 e. The smallest absolute Gasteiger partial charge is 0.336 e. The molecule has 3 heteroatoms. The van der Waals surface area contributed by atoms with Gasteiger partial charge in [-0.05, 0) is 44.4 Å². The molecule has 3 nitrogen and oxygen atoms in total. The molecule has 0 atom stereocenters. The maximum atomic E-state index is 11.4. The van der Waals surface area contributed by atoms with Crippen molar-refractivity contribution < 1.29 is 9.90 Å². The van der Waals surface area contributed by atoms with Gasteiger partial charge >= 0.3 is 5.97 Å². The average Bonchev–Trinajstić information content (AvgIpc) is 2.67. The van der Waals surface area contributed by atoms with Gasteiger partial charge in [-0.15, -0.1) is 0 Å². The first-order chi connectivity index (χ1) is 9.11. The zero-order chi connectivity index (χ0) is 14.0. The Morgan fingerprint density at radius 2 is 2.05 bits per heavy atom. The van der Waals surface area contributed by atoms with E-state index in [1.807, 2.05) is 12.1 Å². The Hall–Kier alpha value is -1.77. The first-order valence-electron chi connectivity index (χ1n) is 6.95. The van der Waals surface area contributed by atoms with Crippen LogP contribution in [0.5, 0.6) is 0 Å². The van der Waals surface area contributed by atoms with E-state index >= 15 is 0 Å². The third-order valence-electron chi connectivity index (χ3n) is 3.80. The van der Waals surface area contributed by atoms with Crippen molar-refractivity contribution in [1.29, 1.82) is 0 Å². The summed E-state index contributed by atoms with van der Waals surface area (Å²) in [6, 6.07) is 5.56. The van der Waals surface area contributed by atoms with Gasteiger partial charge in [0.25, 0.3) is 0 Å². The molecule has 0 radical (unpaired) electrons. The first-order valence-corrected chi connectivity index (χ1v) is 6.95. The van der Waals surface area contributed by atoms with Crippen LogP contribution in [0.4, 0.5) is 0 Å². The van der Waals surface area contributed by atoms with E-state index in [4.69, 9.17) is 0 Å². The van der Waals surface area contributed by atoms with Crippen LogP contribution in [0, 0.1) is 6.92 Å². The standard InChI is InChI=1S/C16H21NO2/c1-4-6-8-12-11(3)17(5-2)14-10-7-9-13(15(12)14)16(18)19/h7,9-10H,4-6,8H2,1-3H3,(H,18,19). The third kappa shape index (κ3) is 2.25. The van der Waals surface area contributed by atoms with Crippen molar-refractivity contribution >= 4 is 16.9 Å². The predicted molar refractivity (Wildman–Crippen MR) is 77.9 cm³/mol. The molecule has 0 spiro atoms. The average molecular weight is 259 g/mol. The predicted octanol–water partition coefficient (Wildman–Crippen LogP) is 4.01. The van der Waals surface area contributed by atoms with Crippen molar-refractivity contribution in [3.8, 4) is 0 Å². The number of unbranched alkanes of at least 4 members (excludes halogenated alkanes) is 1. The van der Waals surface area contributed by atoms with Gasteiger partial charge in [-0.1, -0.05) is 19.4 Å². The lowest BCUT2D eigenvalue weighted by molar-refractivity contribution is 0.0699. The quantitative estimate of drug-likeness (QED) is 0.881. The number of carbonyl (C=O) groups is 1. The summed E-state index contributed by atoms with van der Waals surface area (Å²) < 4.78 is 2.22. The van der Waals surface area contributed by atoms with Gasteiger partial charge in [0, 0.05) is 23.1 Å². The molecule has 0 bridgehead atoms. The van der Waals surface area contributed by atoms with E-state index in [9.17, 15) is 9.90 Å². The highest BCUT2D eigenvalue weighted by molar-refractivity contribution is 6.05. The van der Waals surface area contributed by atoms with Crippen molar-refractivity contribution in [1.82, 2.24) is 4.57 Å². The normalized spacial score (nSPS) is 11.1. The van der Waals surface area contributed by atoms with Crippen molar-refractivity contribution in [2.24, 2.45) is 0 Å². The molecular formula is C16H21NO2. The van der Waals surface area contributed by atoms with Gasteiger partial charge in [0.05, 0.1) is 5.56 Å². The number of aromatic carboxylic acids is 1. The molecule has 0 amide bonds. The van der Waals surface area contributed by atoms with Gasteiger partial charge < -0.3 is 9.67 Å². The van der Waals surface area contributed by atoms with Crippen LogP contribution in [0.3, 0.4) is 0 Å². The number of aromatic nitrogens is 1. The van der Waals surface area contributed by atoms with Gasteiger partial charge in [0.1, 0.15) is 0 Å². The fourth-order valence-corrected chi connectivity index (χ4v) is 2.85. The van der Waals surface area contributed by atoms with Gasteiger partial charge in [0.2, 0.25) is 0 Å². The van der Waals surface area contributed by atoms with E-state index in [1.54, 1.807) is 6.07 Å². The van der Waals surface area contributed by atoms with Crippen LogP contribution in [0.25, 0.3) is 10.9 Å². The summed E-state index contributed by atoms with van der Waals surface area (Å²) in [4.78, 5) is 11.4. The van der Waals surface area contributed by atoms with Crippen molar-refractivity contribution in [3.63, 3.8) is 0 Å². The molecule has 0 aliphatic heterocycles. The number of hydrogen-bond acceptors (Lipinski definition) is 1. The lowest BCUT2D eigenvalue weighted by atomic mass is 10.0. The lowest BCUT2D eigenvalue weighted by Crippen LogP contribution is -1.98. The molecule has 1 heterocycles. The van der Waals surface area contributed by atoms with E-state index in [2.05, 4.69) is 25.3 Å². The number of aryl methyl sites for hydroxylation is 2. The van der Waals surface area contributed by atoms with Crippen LogP contribution in [0.1, 0.15) is 48.3 Å². The minimum atomic E-state index is -0.836. The third-order valence-corrected chi connectivity index (χ3v) is 3.80. The van der Waals surface area contributed by atoms with Gasteiger partial charge in [0.15, 0.2) is 0 Å². The molecule has 0 saturated carbocycles. The summed E-state index contributed by atoms with van der Waals surface area (Å²) in [5.74, 6) is -0.836. The number of carboxylic acids is 1. The molecule has 0 aliphatic carbocycles. The summed E-state index contributed by atoms with van der Waals surface area (Å²) in [5, 5.41) is 10.3. The summed E-state index contributed by atoms with van der Waals surface area (Å²) in [6.07, 6.45) is 3.17. The topological polar surface area (TPSA) is 42.2 Å². The summed E-state index contributed by atoms with van der Waals surface area (Å²) >= 11 is 0. The minimum absolute atomic E-state index is 0.430. The highest BCUT2D eigenvalue weighted by Gasteiger charge is 2.18. The Balaban J connectivity index is 2.76. The van der Waals surface area contributed by atoms with Gasteiger partial charge in [-0.3, -0.25) is 0 Å². The number of nitrogens with zero attached hydrogens (tertiary/aromatic N) is 1. The highest BCUT2D eigenvalue weighted by atomic mass is 16.4. The maximum Gasteiger partial charge on any atom is 0.336 e. The molecule has 0 saturated heterocycles. The Bertz CT molecular complexity index is 611. The monoisotopic (exact) mass is 259 g/mol. The Morgan fingerprint density at radius 1 is 1.32 bits per heavy atom. The van der Waals surface area contributed by atoms with Crippen molar-refractivity contribution in [3.05, 3.63) is 35.0 Å². The Kier molecular flexibility index (Phi) is 3.93. The molecule has 2 aromatic rings. The number of carboxylic acid groups (broad SMARTS) is 1. The maximum absolute atomic E-state index is 11.4. The van der Waals surface area contributed by atoms with E-state index in [0.29, 0.717) is 5.56 Å². The number of rotatable bonds is 5. The lowest BCUT2D eigenvalue weighted by Gasteiger charge is -2.04. The molecule has 1 aromatic carbocycles. The fourth-order valence-electron chi connectivity index (χ4n) is 2.85. The van der Waals surface area contributed by atoms with Crippen LogP contribution >= 0.6 is 0 Å². The minimum Gasteiger partial charge on any atom is -0.478 e. The molecule has 2 rings (SSSR count). The van der Waals surface area contributed by atoms with E-state index in [0.717, 1.165) is 36.7 Å². The molecule has 0 unspecified atom stereocenters. The van der Waals surface area contributed by atoms with Gasteiger partial charge in [-0.25, -0.2) is 4.79 Å². The molecular weight excluding hydrogens is 238 g/mol. The number of hydrogen-bond donors (Lipinski definition) is 1. The second-order valence-electron chi connectivity index (χ2n) is 4.92. The zero-order valence-corrected chi connectivity index (χ0v) is 11.9. The molecule has 1 N–H and O–H groups in total. The van der Waals surface area contributed by atoms with Crippen molar-refractivity contribution in [2.75, 3.05) is 0 Å². The number of benzene rings is 1. The van der Waals surface area contributed by atoms with Gasteiger partial charge in [-0.2, -0.15) is 0 Å². The number of fused-ring (bicyclic) bond motifs is 1. The Morgan fingerprint density at radius 3 is 2.63 bits per heavy atom. The SMILES string of the molecule is CCCCc1c(C)n(CC)c2cccc(C(=O)O)c12. The van der Waals surface area contributed by atoms with E-state index in [-0.39, 0.29) is 0 Å². The van der Waals surface area contributed by atoms with Crippen LogP contribution in [0.2, 0.25) is 0 Å². The molecule has 0 fully saturated rings. The fraction of sp³-hybridized carbons (Fsp3) is 0.438. The second-order valence-corrected chi connectivity index (χ2v) is 4.92. The van der Waals surface area contributed by atoms with E-state index < -0.39 is 5.97 Å². The van der Waals surface area contributed by atoms with Crippen LogP contribution in [0.15, 0.2) is 18.2 Å². The summed E-state index contributed by atoms with van der Waals surface area (Å²) in [7, 11) is 0. The molecule has 1 aromatic heterocycles. The molecule has 19 heavy (non-hydrogen) atoms. The van der Waals surface area contributed by atoms with Crippen LogP contribution in [-0.2, 0) is 13.0 Å². The highest BCUT2D eigenvalue weighted by Crippen LogP contribution is 2.30. The Labute approximate surface area is 113 Å². The second kappa shape index (κ2) is 5.47. The van der Waals surface area contributed by atoms with E-state index in [1.165, 1.54) is 11.3 Å². The molecule has 0 aliphatic rings. The summed E-state index contributed by atoms with van der Waals surface area (Å²) in [5.41, 5.74) is 3.89. The first kappa shape index (κ1) is 13.7. The van der Waals surface area contributed by atoms with Crippen LogP contribution < -0.4 is 0 Å². The zero-order valence-electron chi connectivity index (χ0n) is 11.9.